The van der Waals surface area contributed by atoms with E-state index in [1.54, 1.807) is 12.1 Å². The van der Waals surface area contributed by atoms with Crippen molar-refractivity contribution in [3.63, 3.8) is 0 Å². The third-order valence-corrected chi connectivity index (χ3v) is 3.80. The molecule has 0 spiro atoms. The molecule has 3 heterocycles. The van der Waals surface area contributed by atoms with Crippen molar-refractivity contribution in [1.29, 1.82) is 0 Å². The number of amides is 1. The van der Waals surface area contributed by atoms with Gasteiger partial charge in [-0.2, -0.15) is 9.49 Å². The van der Waals surface area contributed by atoms with Crippen LogP contribution in [0, 0.1) is 12.9 Å². The summed E-state index contributed by atoms with van der Waals surface area (Å²) in [7, 11) is 0. The zero-order chi connectivity index (χ0) is 18.1. The standard InChI is InChI=1S/C17H17FN6O/c1-3-24-14(6-9(2)23-24)13-5-4-11(16(19)22-13)12-7-10(17(20)25)8-21-15(12)18/h4-8H,3H2,1-2H3,(H2,19,22)(H2,20,25). The molecule has 0 aliphatic rings. The summed E-state index contributed by atoms with van der Waals surface area (Å²) in [4.78, 5) is 19.2. The fraction of sp³-hybridized carbons (Fsp3) is 0.176. The molecular weight excluding hydrogens is 323 g/mol. The molecule has 0 aliphatic carbocycles. The summed E-state index contributed by atoms with van der Waals surface area (Å²) in [6.07, 6.45) is 1.09. The zero-order valence-corrected chi connectivity index (χ0v) is 13.8. The van der Waals surface area contributed by atoms with Gasteiger partial charge in [-0.1, -0.05) is 0 Å². The van der Waals surface area contributed by atoms with E-state index in [1.807, 2.05) is 24.6 Å². The SMILES string of the molecule is CCn1nc(C)cc1-c1ccc(-c2cc(C(N)=O)cnc2F)c(N)n1. The van der Waals surface area contributed by atoms with Crippen LogP contribution in [0.5, 0.6) is 0 Å². The van der Waals surface area contributed by atoms with Gasteiger partial charge in [-0.15, -0.1) is 0 Å². The van der Waals surface area contributed by atoms with Gasteiger partial charge in [-0.05, 0) is 38.1 Å². The van der Waals surface area contributed by atoms with Crippen molar-refractivity contribution >= 4 is 11.7 Å². The Morgan fingerprint density at radius 1 is 1.28 bits per heavy atom. The van der Waals surface area contributed by atoms with Crippen LogP contribution in [0.15, 0.2) is 30.5 Å². The Kier molecular flexibility index (Phi) is 4.18. The highest BCUT2D eigenvalue weighted by Gasteiger charge is 2.16. The molecule has 128 valence electrons. The van der Waals surface area contributed by atoms with E-state index >= 15 is 0 Å². The van der Waals surface area contributed by atoms with Gasteiger partial charge in [0.1, 0.15) is 5.82 Å². The van der Waals surface area contributed by atoms with Gasteiger partial charge in [0.15, 0.2) is 0 Å². The van der Waals surface area contributed by atoms with Crippen LogP contribution >= 0.6 is 0 Å². The summed E-state index contributed by atoms with van der Waals surface area (Å²) in [5, 5.41) is 4.38. The van der Waals surface area contributed by atoms with Crippen LogP contribution in [0.4, 0.5) is 10.2 Å². The first-order valence-electron chi connectivity index (χ1n) is 7.67. The Bertz CT molecular complexity index is 966. The molecule has 0 radical (unpaired) electrons. The smallest absolute Gasteiger partial charge is 0.250 e. The number of aryl methyl sites for hydroxylation is 2. The van der Waals surface area contributed by atoms with Crippen molar-refractivity contribution in [3.8, 4) is 22.5 Å². The molecular formula is C17H17FN6O. The molecule has 3 aromatic heterocycles. The van der Waals surface area contributed by atoms with Gasteiger partial charge in [-0.3, -0.25) is 9.48 Å². The molecule has 4 N–H and O–H groups in total. The van der Waals surface area contributed by atoms with Gasteiger partial charge in [0.2, 0.25) is 11.9 Å². The number of rotatable bonds is 4. The minimum absolute atomic E-state index is 0.0769. The maximum Gasteiger partial charge on any atom is 0.250 e. The maximum atomic E-state index is 14.1. The van der Waals surface area contributed by atoms with Crippen LogP contribution in [0.1, 0.15) is 23.0 Å². The molecule has 0 aromatic carbocycles. The molecule has 0 unspecified atom stereocenters. The van der Waals surface area contributed by atoms with Gasteiger partial charge in [-0.25, -0.2) is 9.97 Å². The van der Waals surface area contributed by atoms with Crippen molar-refractivity contribution in [3.05, 3.63) is 47.7 Å². The molecule has 0 saturated heterocycles. The Labute approximate surface area is 143 Å². The molecule has 0 aliphatic heterocycles. The van der Waals surface area contributed by atoms with E-state index in [0.29, 0.717) is 17.8 Å². The number of halogens is 1. The Morgan fingerprint density at radius 3 is 2.68 bits per heavy atom. The Hall–Kier alpha value is -3.29. The number of hydrogen-bond donors (Lipinski definition) is 2. The topological polar surface area (TPSA) is 113 Å². The number of aromatic nitrogens is 4. The number of pyridine rings is 2. The molecule has 3 rings (SSSR count). The molecule has 8 heteroatoms. The minimum Gasteiger partial charge on any atom is -0.383 e. The lowest BCUT2D eigenvalue weighted by Crippen LogP contribution is -2.12. The monoisotopic (exact) mass is 340 g/mol. The van der Waals surface area contributed by atoms with Crippen LogP contribution in [0.3, 0.4) is 0 Å². The molecule has 0 bridgehead atoms. The second kappa shape index (κ2) is 6.31. The van der Waals surface area contributed by atoms with Crippen LogP contribution in [0.25, 0.3) is 22.5 Å². The number of carbonyl (C=O) groups is 1. The highest BCUT2D eigenvalue weighted by molar-refractivity contribution is 5.94. The van der Waals surface area contributed by atoms with Crippen molar-refractivity contribution in [2.45, 2.75) is 20.4 Å². The quantitative estimate of drug-likeness (QED) is 0.707. The summed E-state index contributed by atoms with van der Waals surface area (Å²) in [5.74, 6) is -1.32. The molecule has 7 nitrogen and oxygen atoms in total. The van der Waals surface area contributed by atoms with Crippen molar-refractivity contribution in [2.75, 3.05) is 5.73 Å². The number of nitrogen functional groups attached to an aromatic ring is 1. The lowest BCUT2D eigenvalue weighted by molar-refractivity contribution is 0.1000. The Balaban J connectivity index is 2.09. The number of anilines is 1. The normalized spacial score (nSPS) is 10.8. The van der Waals surface area contributed by atoms with Crippen LogP contribution in [-0.4, -0.2) is 25.7 Å². The number of nitrogens with zero attached hydrogens (tertiary/aromatic N) is 4. The predicted molar refractivity (Wildman–Crippen MR) is 92.0 cm³/mol. The highest BCUT2D eigenvalue weighted by atomic mass is 19.1. The van der Waals surface area contributed by atoms with Gasteiger partial charge in [0.25, 0.3) is 0 Å². The molecule has 25 heavy (non-hydrogen) atoms. The number of primary amides is 1. The highest BCUT2D eigenvalue weighted by Crippen LogP contribution is 2.30. The van der Waals surface area contributed by atoms with E-state index in [1.165, 1.54) is 6.07 Å². The van der Waals surface area contributed by atoms with E-state index in [2.05, 4.69) is 15.1 Å². The van der Waals surface area contributed by atoms with Gasteiger partial charge >= 0.3 is 0 Å². The molecule has 3 aromatic rings. The van der Waals surface area contributed by atoms with E-state index < -0.39 is 11.9 Å². The molecule has 1 amide bonds. The largest absolute Gasteiger partial charge is 0.383 e. The van der Waals surface area contributed by atoms with Gasteiger partial charge in [0.05, 0.1) is 22.6 Å². The first kappa shape index (κ1) is 16.6. The lowest BCUT2D eigenvalue weighted by atomic mass is 10.1. The van der Waals surface area contributed by atoms with Crippen LogP contribution < -0.4 is 11.5 Å². The van der Waals surface area contributed by atoms with Crippen molar-refractivity contribution in [1.82, 2.24) is 19.7 Å². The minimum atomic E-state index is -0.749. The van der Waals surface area contributed by atoms with E-state index in [-0.39, 0.29) is 16.9 Å². The number of nitrogens with two attached hydrogens (primary N) is 2. The van der Waals surface area contributed by atoms with Crippen molar-refractivity contribution in [2.24, 2.45) is 5.73 Å². The fourth-order valence-electron chi connectivity index (χ4n) is 2.61. The fourth-order valence-corrected chi connectivity index (χ4v) is 2.61. The summed E-state index contributed by atoms with van der Waals surface area (Å²) < 4.78 is 15.9. The summed E-state index contributed by atoms with van der Waals surface area (Å²) in [6, 6.07) is 6.59. The lowest BCUT2D eigenvalue weighted by Gasteiger charge is -2.10. The average Bonchev–Trinajstić information content (AvgIpc) is 2.96. The first-order chi connectivity index (χ1) is 11.9. The first-order valence-corrected chi connectivity index (χ1v) is 7.67. The van der Waals surface area contributed by atoms with Gasteiger partial charge < -0.3 is 11.5 Å². The van der Waals surface area contributed by atoms with E-state index in [0.717, 1.165) is 17.6 Å². The average molecular weight is 340 g/mol. The summed E-state index contributed by atoms with van der Waals surface area (Å²) in [5.41, 5.74) is 14.1. The summed E-state index contributed by atoms with van der Waals surface area (Å²) >= 11 is 0. The third kappa shape index (κ3) is 3.06. The third-order valence-electron chi connectivity index (χ3n) is 3.80. The maximum absolute atomic E-state index is 14.1. The van der Waals surface area contributed by atoms with Gasteiger partial charge in [0, 0.05) is 23.9 Å². The zero-order valence-electron chi connectivity index (χ0n) is 13.8. The Morgan fingerprint density at radius 2 is 2.04 bits per heavy atom. The second-order valence-electron chi connectivity index (χ2n) is 5.54. The molecule has 0 atom stereocenters. The predicted octanol–water partition coefficient (Wildman–Crippen LogP) is 2.16. The van der Waals surface area contributed by atoms with E-state index in [9.17, 15) is 9.18 Å². The number of hydrogen-bond acceptors (Lipinski definition) is 5. The van der Waals surface area contributed by atoms with Crippen LogP contribution in [0.2, 0.25) is 0 Å². The van der Waals surface area contributed by atoms with Crippen molar-refractivity contribution < 1.29 is 9.18 Å². The van der Waals surface area contributed by atoms with E-state index in [4.69, 9.17) is 11.5 Å². The molecule has 0 fully saturated rings. The summed E-state index contributed by atoms with van der Waals surface area (Å²) in [6.45, 7) is 4.56. The second-order valence-corrected chi connectivity index (χ2v) is 5.54. The van der Waals surface area contributed by atoms with Crippen LogP contribution in [-0.2, 0) is 6.54 Å². The molecule has 0 saturated carbocycles. The number of carbonyl (C=O) groups excluding carboxylic acids is 1.